The molecule has 26 heavy (non-hydrogen) atoms. The number of hydrogen-bond donors (Lipinski definition) is 1. The van der Waals surface area contributed by atoms with Crippen molar-refractivity contribution in [2.24, 2.45) is 11.8 Å². The first-order valence-corrected chi connectivity index (χ1v) is 9.36. The number of phenols is 1. The highest BCUT2D eigenvalue weighted by Crippen LogP contribution is 2.40. The molecular weight excluding hydrogens is 331 g/mol. The molecule has 2 aromatic rings. The van der Waals surface area contributed by atoms with E-state index in [-0.39, 0.29) is 11.7 Å². The summed E-state index contributed by atoms with van der Waals surface area (Å²) < 4.78 is 19.7. The van der Waals surface area contributed by atoms with Crippen LogP contribution in [0.15, 0.2) is 42.7 Å². The predicted molar refractivity (Wildman–Crippen MR) is 97.8 cm³/mol. The molecule has 2 aliphatic rings. The molecule has 1 saturated carbocycles. The van der Waals surface area contributed by atoms with Gasteiger partial charge in [-0.1, -0.05) is 13.0 Å². The summed E-state index contributed by atoms with van der Waals surface area (Å²) in [6, 6.07) is 8.58. The summed E-state index contributed by atoms with van der Waals surface area (Å²) in [4.78, 5) is 6.60. The van der Waals surface area contributed by atoms with Crippen LogP contribution in [0.4, 0.5) is 4.39 Å². The minimum Gasteiger partial charge on any atom is -0.505 e. The highest BCUT2D eigenvalue weighted by molar-refractivity contribution is 5.30. The topological polar surface area (TPSA) is 45.6 Å². The molecule has 1 aromatic heterocycles. The van der Waals surface area contributed by atoms with Gasteiger partial charge < -0.3 is 14.7 Å². The fourth-order valence-corrected chi connectivity index (χ4v) is 4.52. The molecule has 2 heterocycles. The van der Waals surface area contributed by atoms with Gasteiger partial charge in [-0.15, -0.1) is 0 Å². The average Bonchev–Trinajstić information content (AvgIpc) is 3.16. The van der Waals surface area contributed by atoms with Crippen LogP contribution in [-0.2, 0) is 0 Å². The maximum Gasteiger partial charge on any atom is 0.165 e. The van der Waals surface area contributed by atoms with Gasteiger partial charge in [-0.05, 0) is 60.4 Å². The number of halogens is 1. The zero-order valence-electron chi connectivity index (χ0n) is 15.0. The lowest BCUT2D eigenvalue weighted by Crippen LogP contribution is -2.28. The van der Waals surface area contributed by atoms with Gasteiger partial charge >= 0.3 is 0 Å². The van der Waals surface area contributed by atoms with E-state index >= 15 is 0 Å². The first-order chi connectivity index (χ1) is 12.6. The third kappa shape index (κ3) is 3.68. The Morgan fingerprint density at radius 1 is 1.27 bits per heavy atom. The van der Waals surface area contributed by atoms with E-state index in [4.69, 9.17) is 4.74 Å². The van der Waals surface area contributed by atoms with Crippen molar-refractivity contribution in [1.29, 1.82) is 0 Å². The fraction of sp³-hybridized carbons (Fsp3) is 0.476. The Labute approximate surface area is 153 Å². The summed E-state index contributed by atoms with van der Waals surface area (Å²) in [6.07, 6.45) is 6.02. The van der Waals surface area contributed by atoms with E-state index in [1.54, 1.807) is 12.4 Å². The lowest BCUT2D eigenvalue weighted by atomic mass is 10.0. The Balaban J connectivity index is 1.29. The molecule has 1 saturated heterocycles. The second kappa shape index (κ2) is 7.23. The van der Waals surface area contributed by atoms with Crippen molar-refractivity contribution in [2.45, 2.75) is 31.8 Å². The monoisotopic (exact) mass is 356 g/mol. The van der Waals surface area contributed by atoms with E-state index in [0.29, 0.717) is 17.9 Å². The molecule has 0 bridgehead atoms. The molecule has 5 heteroatoms. The first kappa shape index (κ1) is 17.3. The van der Waals surface area contributed by atoms with Gasteiger partial charge in [0, 0.05) is 25.8 Å². The zero-order chi connectivity index (χ0) is 18.1. The summed E-state index contributed by atoms with van der Waals surface area (Å²) in [7, 11) is 0. The van der Waals surface area contributed by atoms with Crippen molar-refractivity contribution >= 4 is 0 Å². The van der Waals surface area contributed by atoms with Crippen LogP contribution in [0.1, 0.15) is 31.2 Å². The third-order valence-corrected chi connectivity index (χ3v) is 5.79. The van der Waals surface area contributed by atoms with Gasteiger partial charge in [-0.3, -0.25) is 4.98 Å². The van der Waals surface area contributed by atoms with Crippen LogP contribution >= 0.6 is 0 Å². The minimum absolute atomic E-state index is 0.242. The molecule has 0 radical (unpaired) electrons. The molecule has 1 aliphatic carbocycles. The molecule has 1 aromatic carbocycles. The molecule has 2 fully saturated rings. The summed E-state index contributed by atoms with van der Waals surface area (Å²) in [5.41, 5.74) is 0.940. The second-order valence-corrected chi connectivity index (χ2v) is 7.75. The number of rotatable bonds is 5. The number of pyridine rings is 1. The summed E-state index contributed by atoms with van der Waals surface area (Å²) in [5.74, 6) is 1.64. The normalized spacial score (nSPS) is 26.6. The van der Waals surface area contributed by atoms with Gasteiger partial charge in [-0.2, -0.15) is 0 Å². The molecule has 138 valence electrons. The van der Waals surface area contributed by atoms with Gasteiger partial charge in [0.25, 0.3) is 0 Å². The van der Waals surface area contributed by atoms with Crippen LogP contribution in [0, 0.1) is 17.7 Å². The van der Waals surface area contributed by atoms with E-state index < -0.39 is 5.82 Å². The largest absolute Gasteiger partial charge is 0.505 e. The Hall–Kier alpha value is -2.14. The van der Waals surface area contributed by atoms with Crippen LogP contribution in [0.3, 0.4) is 0 Å². The molecule has 2 unspecified atom stereocenters. The van der Waals surface area contributed by atoms with Crippen LogP contribution in [0.2, 0.25) is 0 Å². The summed E-state index contributed by atoms with van der Waals surface area (Å²) in [5, 5.41) is 9.35. The predicted octanol–water partition coefficient (Wildman–Crippen LogP) is 3.82. The van der Waals surface area contributed by atoms with Gasteiger partial charge in [0.2, 0.25) is 0 Å². The minimum atomic E-state index is -0.539. The maximum atomic E-state index is 13.6. The van der Waals surface area contributed by atoms with Crippen LogP contribution in [0.5, 0.6) is 11.5 Å². The first-order valence-electron chi connectivity index (χ1n) is 9.36. The number of fused-ring (bicyclic) bond motifs is 1. The molecule has 0 amide bonds. The van der Waals surface area contributed by atoms with Crippen molar-refractivity contribution in [3.05, 3.63) is 54.1 Å². The fourth-order valence-electron chi connectivity index (χ4n) is 4.52. The summed E-state index contributed by atoms with van der Waals surface area (Å²) in [6.45, 7) is 5.21. The van der Waals surface area contributed by atoms with Crippen LogP contribution in [-0.4, -0.2) is 40.7 Å². The number of hydrogen-bond acceptors (Lipinski definition) is 4. The molecule has 1 aliphatic heterocycles. The van der Waals surface area contributed by atoms with Crippen molar-refractivity contribution in [3.8, 4) is 11.5 Å². The van der Waals surface area contributed by atoms with Gasteiger partial charge in [0.05, 0.1) is 12.3 Å². The standard InChI is InChI=1S/C21H25FN2O2/c1-14(15-4-5-21(25)20(22)9-15)11-24-12-16-7-19(8-17(16)13-24)26-18-3-2-6-23-10-18/h2-6,9-10,14,16-17,19,25H,7-8,11-13H2,1H3/t14?,16-,17+,19?. The molecule has 4 rings (SSSR count). The number of phenolic OH excluding ortho intramolecular Hbond substituents is 1. The van der Waals surface area contributed by atoms with Gasteiger partial charge in [-0.25, -0.2) is 4.39 Å². The molecule has 4 nitrogen and oxygen atoms in total. The number of ether oxygens (including phenoxy) is 1. The smallest absolute Gasteiger partial charge is 0.165 e. The van der Waals surface area contributed by atoms with E-state index in [9.17, 15) is 9.50 Å². The lowest BCUT2D eigenvalue weighted by molar-refractivity contribution is 0.183. The quantitative estimate of drug-likeness (QED) is 0.885. The van der Waals surface area contributed by atoms with Crippen LogP contribution < -0.4 is 4.74 Å². The Morgan fingerprint density at radius 2 is 2.04 bits per heavy atom. The molecule has 1 N–H and O–H groups in total. The molecule has 0 spiro atoms. The Kier molecular flexibility index (Phi) is 4.81. The second-order valence-electron chi connectivity index (χ2n) is 7.75. The van der Waals surface area contributed by atoms with Crippen molar-refractivity contribution in [2.75, 3.05) is 19.6 Å². The number of benzene rings is 1. The van der Waals surface area contributed by atoms with Gasteiger partial charge in [0.1, 0.15) is 5.75 Å². The average molecular weight is 356 g/mol. The van der Waals surface area contributed by atoms with E-state index in [1.807, 2.05) is 18.2 Å². The number of aromatic nitrogens is 1. The van der Waals surface area contributed by atoms with E-state index in [2.05, 4.69) is 16.8 Å². The Bertz CT molecular complexity index is 741. The van der Waals surface area contributed by atoms with Crippen molar-refractivity contribution < 1.29 is 14.2 Å². The highest BCUT2D eigenvalue weighted by Gasteiger charge is 2.42. The molecular formula is C21H25FN2O2. The van der Waals surface area contributed by atoms with E-state index in [1.165, 1.54) is 12.1 Å². The SMILES string of the molecule is CC(CN1C[C@H]2CC(Oc3cccnc3)C[C@H]2C1)c1ccc(O)c(F)c1. The van der Waals surface area contributed by atoms with Gasteiger partial charge in [0.15, 0.2) is 11.6 Å². The number of aromatic hydroxyl groups is 1. The van der Waals surface area contributed by atoms with E-state index in [0.717, 1.165) is 43.8 Å². The van der Waals surface area contributed by atoms with Crippen molar-refractivity contribution in [1.82, 2.24) is 9.88 Å². The Morgan fingerprint density at radius 3 is 2.69 bits per heavy atom. The highest BCUT2D eigenvalue weighted by atomic mass is 19.1. The zero-order valence-corrected chi connectivity index (χ0v) is 15.0. The maximum absolute atomic E-state index is 13.6. The lowest BCUT2D eigenvalue weighted by Gasteiger charge is -2.23. The third-order valence-electron chi connectivity index (χ3n) is 5.79. The molecule has 4 atom stereocenters. The van der Waals surface area contributed by atoms with Crippen LogP contribution in [0.25, 0.3) is 0 Å². The number of likely N-dealkylation sites (tertiary alicyclic amines) is 1. The van der Waals surface area contributed by atoms with Crippen molar-refractivity contribution in [3.63, 3.8) is 0 Å². The summed E-state index contributed by atoms with van der Waals surface area (Å²) >= 11 is 0. The number of nitrogens with zero attached hydrogens (tertiary/aromatic N) is 2.